The third-order valence-electron chi connectivity index (χ3n) is 3.58. The van der Waals surface area contributed by atoms with Gasteiger partial charge in [-0.2, -0.15) is 5.10 Å². The molecular formula is C14H17N3O. The largest absolute Gasteiger partial charge is 0.493 e. The van der Waals surface area contributed by atoms with E-state index in [-0.39, 0.29) is 0 Å². The third-order valence-corrected chi connectivity index (χ3v) is 3.58. The summed E-state index contributed by atoms with van der Waals surface area (Å²) in [5.41, 5.74) is 11.4. The molecule has 1 aromatic carbocycles. The van der Waals surface area contributed by atoms with Gasteiger partial charge in [0.05, 0.1) is 18.0 Å². The van der Waals surface area contributed by atoms with E-state index >= 15 is 0 Å². The van der Waals surface area contributed by atoms with Crippen LogP contribution in [0.3, 0.4) is 0 Å². The van der Waals surface area contributed by atoms with Gasteiger partial charge in [-0.1, -0.05) is 0 Å². The number of benzene rings is 1. The third kappa shape index (κ3) is 1.61. The van der Waals surface area contributed by atoms with Crippen LogP contribution in [0.1, 0.15) is 16.8 Å². The van der Waals surface area contributed by atoms with Crippen molar-refractivity contribution >= 4 is 0 Å². The van der Waals surface area contributed by atoms with Gasteiger partial charge in [0.2, 0.25) is 0 Å². The molecule has 0 amide bonds. The SMILES string of the molecule is Cc1c(-c2ccc3c(c2)CCO3)nn(C)c1CN. The highest BCUT2D eigenvalue weighted by Gasteiger charge is 2.16. The van der Waals surface area contributed by atoms with Crippen LogP contribution in [0.2, 0.25) is 0 Å². The van der Waals surface area contributed by atoms with Crippen LogP contribution >= 0.6 is 0 Å². The van der Waals surface area contributed by atoms with Gasteiger partial charge in [-0.25, -0.2) is 0 Å². The van der Waals surface area contributed by atoms with E-state index in [9.17, 15) is 0 Å². The molecule has 1 aliphatic rings. The molecule has 0 aliphatic carbocycles. The van der Waals surface area contributed by atoms with E-state index in [0.717, 1.165) is 35.7 Å². The summed E-state index contributed by atoms with van der Waals surface area (Å²) in [6.45, 7) is 3.38. The zero-order valence-corrected chi connectivity index (χ0v) is 10.7. The summed E-state index contributed by atoms with van der Waals surface area (Å²) in [5.74, 6) is 1.01. The van der Waals surface area contributed by atoms with Gasteiger partial charge >= 0.3 is 0 Å². The molecule has 1 aliphatic heterocycles. The van der Waals surface area contributed by atoms with Crippen LogP contribution in [0.4, 0.5) is 0 Å². The van der Waals surface area contributed by atoms with Gasteiger partial charge in [-0.05, 0) is 36.2 Å². The van der Waals surface area contributed by atoms with Crippen molar-refractivity contribution in [1.29, 1.82) is 0 Å². The fraction of sp³-hybridized carbons (Fsp3) is 0.357. The molecule has 18 heavy (non-hydrogen) atoms. The lowest BCUT2D eigenvalue weighted by molar-refractivity contribution is 0.357. The lowest BCUT2D eigenvalue weighted by Gasteiger charge is -2.02. The van der Waals surface area contributed by atoms with Gasteiger partial charge in [-0.15, -0.1) is 0 Å². The van der Waals surface area contributed by atoms with Crippen LogP contribution in [-0.4, -0.2) is 16.4 Å². The molecule has 3 rings (SSSR count). The molecule has 94 valence electrons. The number of nitrogens with zero attached hydrogens (tertiary/aromatic N) is 2. The van der Waals surface area contributed by atoms with E-state index in [4.69, 9.17) is 10.5 Å². The minimum Gasteiger partial charge on any atom is -0.493 e. The van der Waals surface area contributed by atoms with Gasteiger partial charge in [0.15, 0.2) is 0 Å². The van der Waals surface area contributed by atoms with Gasteiger partial charge < -0.3 is 10.5 Å². The maximum Gasteiger partial charge on any atom is 0.122 e. The first-order valence-corrected chi connectivity index (χ1v) is 6.19. The Labute approximate surface area is 106 Å². The van der Waals surface area contributed by atoms with Crippen molar-refractivity contribution in [2.24, 2.45) is 12.8 Å². The van der Waals surface area contributed by atoms with E-state index in [2.05, 4.69) is 24.2 Å². The van der Waals surface area contributed by atoms with Gasteiger partial charge in [0, 0.05) is 25.6 Å². The molecule has 0 unspecified atom stereocenters. The summed E-state index contributed by atoms with van der Waals surface area (Å²) >= 11 is 0. The van der Waals surface area contributed by atoms with Crippen LogP contribution in [0.15, 0.2) is 18.2 Å². The van der Waals surface area contributed by atoms with Crippen LogP contribution in [0.5, 0.6) is 5.75 Å². The predicted octanol–water partition coefficient (Wildman–Crippen LogP) is 1.79. The molecule has 0 fully saturated rings. The first-order valence-electron chi connectivity index (χ1n) is 6.19. The smallest absolute Gasteiger partial charge is 0.122 e. The summed E-state index contributed by atoms with van der Waals surface area (Å²) in [4.78, 5) is 0. The predicted molar refractivity (Wildman–Crippen MR) is 70.5 cm³/mol. The van der Waals surface area contributed by atoms with Crippen LogP contribution in [-0.2, 0) is 20.0 Å². The number of ether oxygens (including phenoxy) is 1. The van der Waals surface area contributed by atoms with Crippen molar-refractivity contribution in [3.63, 3.8) is 0 Å². The van der Waals surface area contributed by atoms with Crippen molar-refractivity contribution in [1.82, 2.24) is 9.78 Å². The minimum atomic E-state index is 0.517. The molecule has 4 heteroatoms. The second-order valence-electron chi connectivity index (χ2n) is 4.67. The Morgan fingerprint density at radius 2 is 2.28 bits per heavy atom. The van der Waals surface area contributed by atoms with Crippen LogP contribution in [0.25, 0.3) is 11.3 Å². The lowest BCUT2D eigenvalue weighted by Crippen LogP contribution is -2.05. The van der Waals surface area contributed by atoms with Crippen molar-refractivity contribution < 1.29 is 4.74 Å². The summed E-state index contributed by atoms with van der Waals surface area (Å²) in [5, 5.41) is 4.57. The Balaban J connectivity index is 2.10. The molecule has 0 saturated carbocycles. The Bertz CT molecular complexity index is 601. The zero-order chi connectivity index (χ0) is 12.7. The number of nitrogens with two attached hydrogens (primary N) is 1. The molecular weight excluding hydrogens is 226 g/mol. The molecule has 0 saturated heterocycles. The molecule has 1 aromatic heterocycles. The van der Waals surface area contributed by atoms with Gasteiger partial charge in [-0.3, -0.25) is 4.68 Å². The molecule has 0 atom stereocenters. The highest BCUT2D eigenvalue weighted by atomic mass is 16.5. The fourth-order valence-corrected chi connectivity index (χ4v) is 2.56. The zero-order valence-electron chi connectivity index (χ0n) is 10.7. The molecule has 2 aromatic rings. The summed E-state index contributed by atoms with van der Waals surface area (Å²) < 4.78 is 7.39. The van der Waals surface area contributed by atoms with Crippen LogP contribution < -0.4 is 10.5 Å². The Morgan fingerprint density at radius 1 is 1.44 bits per heavy atom. The highest BCUT2D eigenvalue weighted by molar-refractivity contribution is 5.66. The standard InChI is InChI=1S/C14H17N3O/c1-9-12(8-15)17(2)16-14(9)11-3-4-13-10(7-11)5-6-18-13/h3-4,7H,5-6,8,15H2,1-2H3. The summed E-state index contributed by atoms with van der Waals surface area (Å²) in [6.07, 6.45) is 0.985. The highest BCUT2D eigenvalue weighted by Crippen LogP contribution is 2.31. The number of hydrogen-bond acceptors (Lipinski definition) is 3. The molecule has 0 bridgehead atoms. The number of rotatable bonds is 2. The van der Waals surface area contributed by atoms with Gasteiger partial charge in [0.25, 0.3) is 0 Å². The van der Waals surface area contributed by atoms with E-state index in [1.54, 1.807) is 0 Å². The fourth-order valence-electron chi connectivity index (χ4n) is 2.56. The lowest BCUT2D eigenvalue weighted by atomic mass is 10.0. The van der Waals surface area contributed by atoms with Crippen molar-refractivity contribution in [3.05, 3.63) is 35.0 Å². The molecule has 2 N–H and O–H groups in total. The second-order valence-corrected chi connectivity index (χ2v) is 4.67. The maximum absolute atomic E-state index is 5.75. The first-order chi connectivity index (χ1) is 8.70. The normalized spacial score (nSPS) is 13.5. The average molecular weight is 243 g/mol. The molecule has 0 radical (unpaired) electrons. The van der Waals surface area contributed by atoms with E-state index in [1.807, 2.05) is 17.8 Å². The van der Waals surface area contributed by atoms with Crippen molar-refractivity contribution in [2.45, 2.75) is 19.9 Å². The quantitative estimate of drug-likeness (QED) is 0.875. The summed E-state index contributed by atoms with van der Waals surface area (Å²) in [6, 6.07) is 6.28. The average Bonchev–Trinajstić information content (AvgIpc) is 2.93. The molecule has 0 spiro atoms. The number of hydrogen-bond donors (Lipinski definition) is 1. The molecule has 4 nitrogen and oxygen atoms in total. The van der Waals surface area contributed by atoms with E-state index < -0.39 is 0 Å². The Morgan fingerprint density at radius 3 is 3.00 bits per heavy atom. The minimum absolute atomic E-state index is 0.517. The first kappa shape index (κ1) is 11.3. The van der Waals surface area contributed by atoms with Crippen molar-refractivity contribution in [2.75, 3.05) is 6.61 Å². The monoisotopic (exact) mass is 243 g/mol. The molecule has 2 heterocycles. The van der Waals surface area contributed by atoms with E-state index in [0.29, 0.717) is 6.54 Å². The topological polar surface area (TPSA) is 53.1 Å². The summed E-state index contributed by atoms with van der Waals surface area (Å²) in [7, 11) is 1.94. The van der Waals surface area contributed by atoms with Gasteiger partial charge in [0.1, 0.15) is 5.75 Å². The van der Waals surface area contributed by atoms with Crippen LogP contribution in [0, 0.1) is 6.92 Å². The van der Waals surface area contributed by atoms with Crippen molar-refractivity contribution in [3.8, 4) is 17.0 Å². The second kappa shape index (κ2) is 4.14. The Kier molecular flexibility index (Phi) is 2.59. The number of fused-ring (bicyclic) bond motifs is 1. The van der Waals surface area contributed by atoms with E-state index in [1.165, 1.54) is 11.1 Å². The Hall–Kier alpha value is -1.81. The number of aryl methyl sites for hydroxylation is 1. The number of aromatic nitrogens is 2. The maximum atomic E-state index is 5.75.